The Labute approximate surface area is 125 Å². The van der Waals surface area contributed by atoms with Crippen molar-refractivity contribution in [3.05, 3.63) is 28.7 Å². The molecule has 1 saturated heterocycles. The van der Waals surface area contributed by atoms with Crippen LogP contribution >= 0.6 is 15.9 Å². The molecule has 0 saturated carbocycles. The molecule has 2 rings (SSSR count). The largest absolute Gasteiger partial charge is 0.492 e. The summed E-state index contributed by atoms with van der Waals surface area (Å²) >= 11 is 3.46. The van der Waals surface area contributed by atoms with E-state index in [1.54, 1.807) is 0 Å². The number of hydrogen-bond acceptors (Lipinski definition) is 2. The second-order valence-corrected chi connectivity index (χ2v) is 6.30. The Hall–Kier alpha value is -0.540. The third kappa shape index (κ3) is 5.15. The van der Waals surface area contributed by atoms with Gasteiger partial charge in [-0.25, -0.2) is 0 Å². The van der Waals surface area contributed by atoms with Crippen molar-refractivity contribution in [2.45, 2.75) is 32.6 Å². The summed E-state index contributed by atoms with van der Waals surface area (Å²) in [5.41, 5.74) is 0. The standard InChI is InChI=1S/C16H24BrNO/c1-2-4-14-7-9-18(10-8-14)11-12-19-16-6-3-5-15(17)13-16/h3,5-6,13-14H,2,4,7-12H2,1H3. The molecule has 0 atom stereocenters. The van der Waals surface area contributed by atoms with Crippen LogP contribution < -0.4 is 4.74 Å². The van der Waals surface area contributed by atoms with Crippen molar-refractivity contribution >= 4 is 15.9 Å². The van der Waals surface area contributed by atoms with Gasteiger partial charge >= 0.3 is 0 Å². The fourth-order valence-electron chi connectivity index (χ4n) is 2.76. The van der Waals surface area contributed by atoms with E-state index in [0.29, 0.717) is 0 Å². The Morgan fingerprint density at radius 3 is 2.79 bits per heavy atom. The molecule has 0 spiro atoms. The monoisotopic (exact) mass is 325 g/mol. The van der Waals surface area contributed by atoms with Crippen molar-refractivity contribution in [3.8, 4) is 5.75 Å². The fourth-order valence-corrected chi connectivity index (χ4v) is 3.13. The number of nitrogens with zero attached hydrogens (tertiary/aromatic N) is 1. The van der Waals surface area contributed by atoms with Gasteiger partial charge in [-0.05, 0) is 50.0 Å². The number of halogens is 1. The zero-order valence-electron chi connectivity index (χ0n) is 11.8. The first-order chi connectivity index (χ1) is 9.28. The summed E-state index contributed by atoms with van der Waals surface area (Å²) in [6, 6.07) is 8.06. The van der Waals surface area contributed by atoms with Gasteiger partial charge in [-0.1, -0.05) is 41.8 Å². The van der Waals surface area contributed by atoms with E-state index in [1.165, 1.54) is 38.8 Å². The van der Waals surface area contributed by atoms with Crippen molar-refractivity contribution in [3.63, 3.8) is 0 Å². The van der Waals surface area contributed by atoms with Crippen LogP contribution in [0.3, 0.4) is 0 Å². The van der Waals surface area contributed by atoms with Crippen LogP contribution in [0, 0.1) is 5.92 Å². The van der Waals surface area contributed by atoms with E-state index in [0.717, 1.165) is 29.3 Å². The lowest BCUT2D eigenvalue weighted by molar-refractivity contribution is 0.151. The Morgan fingerprint density at radius 1 is 1.32 bits per heavy atom. The fraction of sp³-hybridized carbons (Fsp3) is 0.625. The average molecular weight is 326 g/mol. The zero-order chi connectivity index (χ0) is 13.5. The summed E-state index contributed by atoms with van der Waals surface area (Å²) in [5.74, 6) is 1.92. The van der Waals surface area contributed by atoms with Gasteiger partial charge in [0.25, 0.3) is 0 Å². The maximum absolute atomic E-state index is 5.79. The van der Waals surface area contributed by atoms with Crippen LogP contribution in [0.5, 0.6) is 5.75 Å². The minimum Gasteiger partial charge on any atom is -0.492 e. The normalized spacial score (nSPS) is 17.6. The SMILES string of the molecule is CCCC1CCN(CCOc2cccc(Br)c2)CC1. The highest BCUT2D eigenvalue weighted by atomic mass is 79.9. The van der Waals surface area contributed by atoms with Crippen LogP contribution in [-0.2, 0) is 0 Å². The van der Waals surface area contributed by atoms with Gasteiger partial charge in [-0.15, -0.1) is 0 Å². The highest BCUT2D eigenvalue weighted by molar-refractivity contribution is 9.10. The summed E-state index contributed by atoms with van der Waals surface area (Å²) in [6.07, 6.45) is 5.47. The van der Waals surface area contributed by atoms with Gasteiger partial charge in [0, 0.05) is 11.0 Å². The van der Waals surface area contributed by atoms with E-state index in [1.807, 2.05) is 24.3 Å². The van der Waals surface area contributed by atoms with E-state index in [-0.39, 0.29) is 0 Å². The smallest absolute Gasteiger partial charge is 0.120 e. The highest BCUT2D eigenvalue weighted by Crippen LogP contribution is 2.22. The Kier molecular flexibility index (Phi) is 6.18. The number of ether oxygens (including phenoxy) is 1. The predicted octanol–water partition coefficient (Wildman–Crippen LogP) is 4.34. The molecule has 1 fully saturated rings. The summed E-state index contributed by atoms with van der Waals surface area (Å²) in [7, 11) is 0. The molecule has 1 aliphatic heterocycles. The zero-order valence-corrected chi connectivity index (χ0v) is 13.4. The third-order valence-corrected chi connectivity index (χ3v) is 4.37. The molecule has 1 aliphatic rings. The second kappa shape index (κ2) is 7.91. The predicted molar refractivity (Wildman–Crippen MR) is 83.7 cm³/mol. The molecular weight excluding hydrogens is 302 g/mol. The van der Waals surface area contributed by atoms with Crippen LogP contribution in [0.15, 0.2) is 28.7 Å². The molecule has 19 heavy (non-hydrogen) atoms. The lowest BCUT2D eigenvalue weighted by Gasteiger charge is -2.31. The summed E-state index contributed by atoms with van der Waals surface area (Å²) in [5, 5.41) is 0. The van der Waals surface area contributed by atoms with Gasteiger partial charge in [-0.2, -0.15) is 0 Å². The molecule has 0 N–H and O–H groups in total. The van der Waals surface area contributed by atoms with Crippen LogP contribution in [0.2, 0.25) is 0 Å². The molecule has 2 nitrogen and oxygen atoms in total. The molecular formula is C16H24BrNO. The molecule has 3 heteroatoms. The van der Waals surface area contributed by atoms with Crippen LogP contribution in [0.25, 0.3) is 0 Å². The van der Waals surface area contributed by atoms with Gasteiger partial charge in [-0.3, -0.25) is 4.90 Å². The van der Waals surface area contributed by atoms with E-state index in [4.69, 9.17) is 4.74 Å². The van der Waals surface area contributed by atoms with Gasteiger partial charge in [0.15, 0.2) is 0 Å². The van der Waals surface area contributed by atoms with Gasteiger partial charge < -0.3 is 4.74 Å². The van der Waals surface area contributed by atoms with E-state index < -0.39 is 0 Å². The number of likely N-dealkylation sites (tertiary alicyclic amines) is 1. The van der Waals surface area contributed by atoms with Crippen molar-refractivity contribution in [1.82, 2.24) is 4.90 Å². The molecule has 1 aromatic rings. The first-order valence-electron chi connectivity index (χ1n) is 7.38. The minimum absolute atomic E-state index is 0.787. The molecule has 0 aliphatic carbocycles. The number of hydrogen-bond donors (Lipinski definition) is 0. The lowest BCUT2D eigenvalue weighted by atomic mass is 9.92. The molecule has 106 valence electrons. The summed E-state index contributed by atoms with van der Waals surface area (Å²) in [4.78, 5) is 2.53. The number of rotatable bonds is 6. The van der Waals surface area contributed by atoms with E-state index >= 15 is 0 Å². The number of piperidine rings is 1. The lowest BCUT2D eigenvalue weighted by Crippen LogP contribution is -2.36. The van der Waals surface area contributed by atoms with Gasteiger partial charge in [0.2, 0.25) is 0 Å². The molecule has 0 bridgehead atoms. The Balaban J connectivity index is 1.64. The van der Waals surface area contributed by atoms with E-state index in [2.05, 4.69) is 27.8 Å². The van der Waals surface area contributed by atoms with Crippen molar-refractivity contribution in [1.29, 1.82) is 0 Å². The molecule has 0 unspecified atom stereocenters. The quantitative estimate of drug-likeness (QED) is 0.771. The summed E-state index contributed by atoms with van der Waals surface area (Å²) in [6.45, 7) is 6.61. The van der Waals surface area contributed by atoms with Crippen LogP contribution in [-0.4, -0.2) is 31.1 Å². The Morgan fingerprint density at radius 2 is 2.11 bits per heavy atom. The van der Waals surface area contributed by atoms with Crippen LogP contribution in [0.4, 0.5) is 0 Å². The van der Waals surface area contributed by atoms with E-state index in [9.17, 15) is 0 Å². The second-order valence-electron chi connectivity index (χ2n) is 5.38. The van der Waals surface area contributed by atoms with Crippen LogP contribution in [0.1, 0.15) is 32.6 Å². The first-order valence-corrected chi connectivity index (χ1v) is 8.18. The van der Waals surface area contributed by atoms with Gasteiger partial charge in [0.05, 0.1) is 0 Å². The summed E-state index contributed by atoms with van der Waals surface area (Å²) < 4.78 is 6.87. The van der Waals surface area contributed by atoms with Crippen molar-refractivity contribution < 1.29 is 4.74 Å². The maximum atomic E-state index is 5.79. The third-order valence-electron chi connectivity index (χ3n) is 3.88. The first kappa shape index (κ1) is 14.9. The van der Waals surface area contributed by atoms with Crippen molar-refractivity contribution in [2.24, 2.45) is 5.92 Å². The molecule has 1 aromatic carbocycles. The minimum atomic E-state index is 0.787. The molecule has 1 heterocycles. The van der Waals surface area contributed by atoms with Gasteiger partial charge in [0.1, 0.15) is 12.4 Å². The average Bonchev–Trinajstić information content (AvgIpc) is 2.41. The van der Waals surface area contributed by atoms with Crippen molar-refractivity contribution in [2.75, 3.05) is 26.2 Å². The molecule has 0 amide bonds. The maximum Gasteiger partial charge on any atom is 0.120 e. The highest BCUT2D eigenvalue weighted by Gasteiger charge is 2.17. The Bertz CT molecular complexity index is 375. The molecule has 0 radical (unpaired) electrons. The topological polar surface area (TPSA) is 12.5 Å². The molecule has 0 aromatic heterocycles. The number of benzene rings is 1.